The van der Waals surface area contributed by atoms with Crippen molar-refractivity contribution in [3.8, 4) is 39.1 Å². The van der Waals surface area contributed by atoms with Gasteiger partial charge in [0.2, 0.25) is 0 Å². The van der Waals surface area contributed by atoms with E-state index in [1.807, 2.05) is 0 Å². The van der Waals surface area contributed by atoms with Gasteiger partial charge in [0.05, 0.1) is 11.0 Å². The molecule has 11 rings (SSSR count). The zero-order valence-corrected chi connectivity index (χ0v) is 28.0. The molecule has 0 radical (unpaired) electrons. The van der Waals surface area contributed by atoms with Crippen molar-refractivity contribution in [2.24, 2.45) is 0 Å². The number of rotatable bonds is 3. The lowest BCUT2D eigenvalue weighted by atomic mass is 9.80. The van der Waals surface area contributed by atoms with Crippen LogP contribution >= 0.6 is 0 Å². The number of para-hydroxylation sites is 2. The van der Waals surface area contributed by atoms with Crippen LogP contribution in [0.4, 0.5) is 0 Å². The van der Waals surface area contributed by atoms with Crippen LogP contribution in [0, 0.1) is 0 Å². The summed E-state index contributed by atoms with van der Waals surface area (Å²) in [5, 5.41) is 10.4. The van der Waals surface area contributed by atoms with E-state index in [4.69, 9.17) is 0 Å². The van der Waals surface area contributed by atoms with Crippen molar-refractivity contribution in [3.05, 3.63) is 175 Å². The minimum Gasteiger partial charge on any atom is -0.309 e. The summed E-state index contributed by atoms with van der Waals surface area (Å²) in [4.78, 5) is 0. The molecule has 0 spiro atoms. The molecular formula is C49H33N. The highest BCUT2D eigenvalue weighted by Crippen LogP contribution is 2.51. The molecule has 1 aliphatic carbocycles. The van der Waals surface area contributed by atoms with Gasteiger partial charge in [0.1, 0.15) is 0 Å². The fourth-order valence-electron chi connectivity index (χ4n) is 9.19. The van der Waals surface area contributed by atoms with Crippen LogP contribution in [0.2, 0.25) is 0 Å². The lowest BCUT2D eigenvalue weighted by Gasteiger charge is -2.23. The highest BCUT2D eigenvalue weighted by atomic mass is 15.0. The number of hydrogen-bond acceptors (Lipinski definition) is 0. The summed E-state index contributed by atoms with van der Waals surface area (Å²) < 4.78 is 2.42. The second kappa shape index (κ2) is 9.94. The lowest BCUT2D eigenvalue weighted by Crippen LogP contribution is -2.14. The van der Waals surface area contributed by atoms with Gasteiger partial charge in [-0.15, -0.1) is 0 Å². The number of aromatic nitrogens is 1. The van der Waals surface area contributed by atoms with Gasteiger partial charge in [-0.2, -0.15) is 0 Å². The van der Waals surface area contributed by atoms with Crippen LogP contribution in [0.15, 0.2) is 164 Å². The smallest absolute Gasteiger partial charge is 0.0541 e. The first kappa shape index (κ1) is 27.7. The van der Waals surface area contributed by atoms with Gasteiger partial charge in [-0.25, -0.2) is 0 Å². The van der Waals surface area contributed by atoms with E-state index in [0.717, 1.165) is 0 Å². The van der Waals surface area contributed by atoms with Crippen LogP contribution in [0.3, 0.4) is 0 Å². The van der Waals surface area contributed by atoms with Crippen molar-refractivity contribution in [2.45, 2.75) is 19.3 Å². The largest absolute Gasteiger partial charge is 0.309 e. The fourth-order valence-corrected chi connectivity index (χ4v) is 9.19. The van der Waals surface area contributed by atoms with Gasteiger partial charge in [-0.1, -0.05) is 141 Å². The molecule has 1 heterocycles. The molecule has 1 heteroatoms. The molecule has 0 saturated carbocycles. The van der Waals surface area contributed by atoms with Gasteiger partial charge in [0.15, 0.2) is 0 Å². The first-order valence-electron chi connectivity index (χ1n) is 17.6. The van der Waals surface area contributed by atoms with E-state index in [1.54, 1.807) is 0 Å². The third kappa shape index (κ3) is 3.67. The van der Waals surface area contributed by atoms with Crippen molar-refractivity contribution < 1.29 is 0 Å². The van der Waals surface area contributed by atoms with E-state index >= 15 is 0 Å². The molecule has 0 bridgehead atoms. The molecule has 0 fully saturated rings. The van der Waals surface area contributed by atoms with Crippen LogP contribution in [-0.4, -0.2) is 4.57 Å². The Hall–Kier alpha value is -6.18. The Morgan fingerprint density at radius 1 is 0.380 bits per heavy atom. The van der Waals surface area contributed by atoms with Crippen LogP contribution in [0.1, 0.15) is 25.0 Å². The molecule has 0 saturated heterocycles. The zero-order valence-electron chi connectivity index (χ0n) is 28.0. The standard InChI is InChI=1S/C49H33N/c1-49(2)43-18-6-3-15-35(43)36-24-23-33(28-44(36)49)42-29-41(39-25-21-30-11-9-12-31-22-26-40(42)48(39)47(30)31)32-13-10-14-34(27-32)50-45-19-7-4-16-37(45)38-17-5-8-20-46(38)50/h3-29H,1-2H3. The average molecular weight is 636 g/mol. The summed E-state index contributed by atoms with van der Waals surface area (Å²) in [6.07, 6.45) is 0. The minimum atomic E-state index is -0.0643. The number of fused-ring (bicyclic) bond motifs is 6. The number of benzene rings is 9. The molecule has 1 aliphatic rings. The molecule has 1 nitrogen and oxygen atoms in total. The predicted octanol–water partition coefficient (Wildman–Crippen LogP) is 13.3. The zero-order chi connectivity index (χ0) is 33.1. The molecule has 10 aromatic rings. The SMILES string of the molecule is CC1(C)c2ccccc2-c2ccc(-c3cc(-c4cccc(-n5c6ccccc6c6ccccc65)c4)c4ccc5cccc6ccc3c4c56)cc21. The van der Waals surface area contributed by atoms with Crippen LogP contribution in [0.5, 0.6) is 0 Å². The van der Waals surface area contributed by atoms with Gasteiger partial charge < -0.3 is 4.57 Å². The van der Waals surface area contributed by atoms with E-state index in [-0.39, 0.29) is 5.41 Å². The van der Waals surface area contributed by atoms with E-state index in [2.05, 4.69) is 182 Å². The van der Waals surface area contributed by atoms with Gasteiger partial charge in [0.25, 0.3) is 0 Å². The van der Waals surface area contributed by atoms with E-state index in [1.165, 1.54) is 104 Å². The Balaban J connectivity index is 1.20. The van der Waals surface area contributed by atoms with Crippen LogP contribution < -0.4 is 0 Å². The summed E-state index contributed by atoms with van der Waals surface area (Å²) in [5.74, 6) is 0. The van der Waals surface area contributed by atoms with Gasteiger partial charge in [0, 0.05) is 21.9 Å². The molecule has 0 atom stereocenters. The Morgan fingerprint density at radius 3 is 1.70 bits per heavy atom. The first-order chi connectivity index (χ1) is 24.6. The van der Waals surface area contributed by atoms with Gasteiger partial charge in [-0.05, 0) is 113 Å². The fraction of sp³-hybridized carbons (Fsp3) is 0.0612. The normalized spacial score (nSPS) is 13.6. The van der Waals surface area contributed by atoms with Gasteiger partial charge in [-0.3, -0.25) is 0 Å². The summed E-state index contributed by atoms with van der Waals surface area (Å²) in [5.41, 5.74) is 14.1. The predicted molar refractivity (Wildman–Crippen MR) is 213 cm³/mol. The summed E-state index contributed by atoms with van der Waals surface area (Å²) >= 11 is 0. The van der Waals surface area contributed by atoms with E-state index in [9.17, 15) is 0 Å². The number of nitrogens with zero attached hydrogens (tertiary/aromatic N) is 1. The lowest BCUT2D eigenvalue weighted by molar-refractivity contribution is 0.660. The quantitative estimate of drug-likeness (QED) is 0.170. The van der Waals surface area contributed by atoms with Crippen molar-refractivity contribution in [2.75, 3.05) is 0 Å². The molecule has 0 unspecified atom stereocenters. The highest BCUT2D eigenvalue weighted by molar-refractivity contribution is 6.28. The summed E-state index contributed by atoms with van der Waals surface area (Å²) in [7, 11) is 0. The summed E-state index contributed by atoms with van der Waals surface area (Å²) in [6.45, 7) is 4.74. The molecule has 0 N–H and O–H groups in total. The number of hydrogen-bond donors (Lipinski definition) is 0. The Morgan fingerprint density at radius 2 is 0.980 bits per heavy atom. The molecule has 1 aromatic heterocycles. The van der Waals surface area contributed by atoms with Crippen molar-refractivity contribution in [1.29, 1.82) is 0 Å². The van der Waals surface area contributed by atoms with Crippen molar-refractivity contribution in [3.63, 3.8) is 0 Å². The topological polar surface area (TPSA) is 4.93 Å². The molecule has 0 aliphatic heterocycles. The van der Waals surface area contributed by atoms with Crippen molar-refractivity contribution in [1.82, 2.24) is 4.57 Å². The maximum Gasteiger partial charge on any atom is 0.0541 e. The van der Waals surface area contributed by atoms with Gasteiger partial charge >= 0.3 is 0 Å². The second-order valence-corrected chi connectivity index (χ2v) is 14.5. The molecular weight excluding hydrogens is 603 g/mol. The third-order valence-corrected chi connectivity index (χ3v) is 11.5. The maximum absolute atomic E-state index is 2.47. The Kier molecular flexibility index (Phi) is 5.51. The van der Waals surface area contributed by atoms with E-state index < -0.39 is 0 Å². The van der Waals surface area contributed by atoms with E-state index in [0.29, 0.717) is 0 Å². The monoisotopic (exact) mass is 635 g/mol. The molecule has 0 amide bonds. The van der Waals surface area contributed by atoms with Crippen LogP contribution in [-0.2, 0) is 5.41 Å². The van der Waals surface area contributed by atoms with Crippen LogP contribution in [0.25, 0.3) is 93.2 Å². The minimum absolute atomic E-state index is 0.0643. The second-order valence-electron chi connectivity index (χ2n) is 14.5. The average Bonchev–Trinajstić information content (AvgIpc) is 3.62. The molecule has 50 heavy (non-hydrogen) atoms. The Bertz CT molecular complexity index is 2940. The molecule has 9 aromatic carbocycles. The molecule has 234 valence electrons. The highest BCUT2D eigenvalue weighted by Gasteiger charge is 2.35. The summed E-state index contributed by atoms with van der Waals surface area (Å²) in [6, 6.07) is 61.2. The third-order valence-electron chi connectivity index (χ3n) is 11.5. The maximum atomic E-state index is 2.47. The Labute approximate surface area is 291 Å². The first-order valence-corrected chi connectivity index (χ1v) is 17.6. The van der Waals surface area contributed by atoms with Crippen molar-refractivity contribution >= 4 is 54.1 Å².